The summed E-state index contributed by atoms with van der Waals surface area (Å²) < 4.78 is 13.1. The van der Waals surface area contributed by atoms with Crippen LogP contribution in [0.5, 0.6) is 0 Å². The van der Waals surface area contributed by atoms with Crippen molar-refractivity contribution in [1.29, 1.82) is 0 Å². The van der Waals surface area contributed by atoms with Crippen LogP contribution in [0.2, 0.25) is 0 Å². The van der Waals surface area contributed by atoms with E-state index >= 15 is 0 Å². The Bertz CT molecular complexity index is 412. The van der Waals surface area contributed by atoms with Crippen LogP contribution in [0.1, 0.15) is 0 Å². The van der Waals surface area contributed by atoms with Crippen LogP contribution < -0.4 is 16.5 Å². The van der Waals surface area contributed by atoms with Crippen molar-refractivity contribution in [2.24, 2.45) is 5.73 Å². The van der Waals surface area contributed by atoms with Gasteiger partial charge in [-0.25, -0.2) is 4.39 Å². The fraction of sp³-hybridized carbons (Fsp3) is 0.200. The molecule has 1 rings (SSSR count). The van der Waals surface area contributed by atoms with E-state index in [1.807, 2.05) is 0 Å². The highest BCUT2D eigenvalue weighted by molar-refractivity contribution is 5.92. The number of hydrogen-bond donors (Lipinski definition) is 3. The summed E-state index contributed by atoms with van der Waals surface area (Å²) in [6.07, 6.45) is 0. The molecule has 17 heavy (non-hydrogen) atoms. The van der Waals surface area contributed by atoms with Crippen LogP contribution in [0.3, 0.4) is 0 Å². The molecule has 6 nitrogen and oxygen atoms in total. The first-order chi connectivity index (χ1) is 8.09. The van der Waals surface area contributed by atoms with Gasteiger partial charge in [0.15, 0.2) is 0 Å². The van der Waals surface area contributed by atoms with Crippen molar-refractivity contribution in [2.45, 2.75) is 0 Å². The Hall–Kier alpha value is -1.99. The Balaban J connectivity index is 2.30. The zero-order chi connectivity index (χ0) is 12.7. The first-order valence-corrected chi connectivity index (χ1v) is 4.77. The first-order valence-electron chi connectivity index (χ1n) is 4.77. The summed E-state index contributed by atoms with van der Waals surface area (Å²) in [5, 5.41) is 2.33. The summed E-state index contributed by atoms with van der Waals surface area (Å²) in [5.74, 6) is -1.69. The molecule has 0 aromatic heterocycles. The average molecular weight is 241 g/mol. The zero-order valence-corrected chi connectivity index (χ0v) is 8.90. The minimum absolute atomic E-state index is 0.0780. The molecule has 0 spiro atoms. The summed E-state index contributed by atoms with van der Waals surface area (Å²) in [5.41, 5.74) is 7.10. The average Bonchev–Trinajstić information content (AvgIpc) is 2.27. The van der Waals surface area contributed by atoms with E-state index in [-0.39, 0.29) is 18.8 Å². The number of amides is 2. The predicted octanol–water partition coefficient (Wildman–Crippen LogP) is -0.229. The molecule has 0 atom stereocenters. The number of hydroxylamine groups is 1. The number of carbonyl (C=O) groups is 2. The molecule has 0 radical (unpaired) electrons. The van der Waals surface area contributed by atoms with Crippen molar-refractivity contribution in [1.82, 2.24) is 5.48 Å². The van der Waals surface area contributed by atoms with Crippen LogP contribution in [0.4, 0.5) is 10.1 Å². The SMILES string of the molecule is NC(=O)CONCC(=O)Nc1ccccc1F. The molecule has 0 aliphatic carbocycles. The van der Waals surface area contributed by atoms with E-state index in [0.29, 0.717) is 0 Å². The van der Waals surface area contributed by atoms with Gasteiger partial charge in [0.05, 0.1) is 5.69 Å². The van der Waals surface area contributed by atoms with Gasteiger partial charge in [-0.05, 0) is 12.1 Å². The quantitative estimate of drug-likeness (QED) is 0.473. The van der Waals surface area contributed by atoms with Crippen LogP contribution in [0.15, 0.2) is 24.3 Å². The van der Waals surface area contributed by atoms with E-state index in [0.717, 1.165) is 0 Å². The van der Waals surface area contributed by atoms with Crippen LogP contribution in [0.25, 0.3) is 0 Å². The van der Waals surface area contributed by atoms with Crippen LogP contribution in [0, 0.1) is 5.82 Å². The molecule has 1 aromatic carbocycles. The van der Waals surface area contributed by atoms with Gasteiger partial charge in [0.1, 0.15) is 19.0 Å². The molecule has 0 unspecified atom stereocenters. The second-order valence-electron chi connectivity index (χ2n) is 3.10. The van der Waals surface area contributed by atoms with Crippen molar-refractivity contribution in [3.63, 3.8) is 0 Å². The van der Waals surface area contributed by atoms with Gasteiger partial charge in [0, 0.05) is 0 Å². The molecule has 0 heterocycles. The molecule has 0 saturated heterocycles. The largest absolute Gasteiger partial charge is 0.368 e. The number of nitrogens with one attached hydrogen (secondary N) is 2. The number of halogens is 1. The minimum Gasteiger partial charge on any atom is -0.368 e. The second-order valence-corrected chi connectivity index (χ2v) is 3.10. The van der Waals surface area contributed by atoms with Gasteiger partial charge >= 0.3 is 0 Å². The van der Waals surface area contributed by atoms with Crippen molar-refractivity contribution in [3.8, 4) is 0 Å². The number of rotatable bonds is 6. The lowest BCUT2D eigenvalue weighted by Crippen LogP contribution is -2.31. The Kier molecular flexibility index (Phi) is 5.05. The molecular formula is C10H12FN3O3. The molecule has 0 saturated carbocycles. The molecule has 0 bridgehead atoms. The van der Waals surface area contributed by atoms with Crippen molar-refractivity contribution < 1.29 is 18.8 Å². The fourth-order valence-electron chi connectivity index (χ4n) is 0.996. The van der Waals surface area contributed by atoms with Gasteiger partial charge in [-0.1, -0.05) is 12.1 Å². The maximum Gasteiger partial charge on any atom is 0.245 e. The predicted molar refractivity (Wildman–Crippen MR) is 58.2 cm³/mol. The Labute approximate surface area is 96.9 Å². The van der Waals surface area contributed by atoms with Gasteiger partial charge in [-0.15, -0.1) is 0 Å². The van der Waals surface area contributed by atoms with E-state index in [9.17, 15) is 14.0 Å². The van der Waals surface area contributed by atoms with Crippen molar-refractivity contribution in [3.05, 3.63) is 30.1 Å². The van der Waals surface area contributed by atoms with Gasteiger partial charge < -0.3 is 11.1 Å². The Morgan fingerprint density at radius 1 is 1.35 bits per heavy atom. The van der Waals surface area contributed by atoms with Crippen LogP contribution >= 0.6 is 0 Å². The molecule has 0 aliphatic heterocycles. The van der Waals surface area contributed by atoms with Crippen LogP contribution in [-0.2, 0) is 14.4 Å². The van der Waals surface area contributed by atoms with Gasteiger partial charge in [0.2, 0.25) is 11.8 Å². The fourth-order valence-corrected chi connectivity index (χ4v) is 0.996. The monoisotopic (exact) mass is 241 g/mol. The molecule has 0 aliphatic rings. The van der Waals surface area contributed by atoms with E-state index in [2.05, 4.69) is 15.6 Å². The number of para-hydroxylation sites is 1. The minimum atomic E-state index is -0.660. The standard InChI is InChI=1S/C10H12FN3O3/c11-7-3-1-2-4-8(7)14-10(16)5-13-17-6-9(12)15/h1-4,13H,5-6H2,(H2,12,15)(H,14,16). The topological polar surface area (TPSA) is 93.5 Å². The molecular weight excluding hydrogens is 229 g/mol. The highest BCUT2D eigenvalue weighted by atomic mass is 19.1. The summed E-state index contributed by atoms with van der Waals surface area (Å²) in [4.78, 5) is 26.1. The Morgan fingerprint density at radius 2 is 2.06 bits per heavy atom. The number of nitrogens with two attached hydrogens (primary N) is 1. The summed E-state index contributed by atoms with van der Waals surface area (Å²) in [7, 11) is 0. The maximum atomic E-state index is 13.1. The van der Waals surface area contributed by atoms with Gasteiger partial charge in [-0.2, -0.15) is 5.48 Å². The van der Waals surface area contributed by atoms with Gasteiger partial charge in [-0.3, -0.25) is 14.4 Å². The number of carbonyl (C=O) groups excluding carboxylic acids is 2. The lowest BCUT2D eigenvalue weighted by Gasteiger charge is -2.06. The molecule has 1 aromatic rings. The summed E-state index contributed by atoms with van der Waals surface area (Å²) in [6.45, 7) is -0.561. The molecule has 4 N–H and O–H groups in total. The third-order valence-corrected chi connectivity index (χ3v) is 1.70. The maximum absolute atomic E-state index is 13.1. The van der Waals surface area contributed by atoms with E-state index in [1.165, 1.54) is 18.2 Å². The summed E-state index contributed by atoms with van der Waals surface area (Å²) >= 11 is 0. The molecule has 0 fully saturated rings. The van der Waals surface area contributed by atoms with Crippen molar-refractivity contribution >= 4 is 17.5 Å². The number of primary amides is 1. The lowest BCUT2D eigenvalue weighted by molar-refractivity contribution is -0.127. The molecule has 7 heteroatoms. The Morgan fingerprint density at radius 3 is 2.71 bits per heavy atom. The number of anilines is 1. The molecule has 92 valence electrons. The van der Waals surface area contributed by atoms with E-state index < -0.39 is 17.6 Å². The highest BCUT2D eigenvalue weighted by Crippen LogP contribution is 2.11. The van der Waals surface area contributed by atoms with Crippen LogP contribution in [-0.4, -0.2) is 25.0 Å². The normalized spacial score (nSPS) is 9.94. The highest BCUT2D eigenvalue weighted by Gasteiger charge is 2.05. The van der Waals surface area contributed by atoms with E-state index in [4.69, 9.17) is 5.73 Å². The smallest absolute Gasteiger partial charge is 0.245 e. The summed E-state index contributed by atoms with van der Waals surface area (Å²) in [6, 6.07) is 5.76. The third-order valence-electron chi connectivity index (χ3n) is 1.70. The van der Waals surface area contributed by atoms with Crippen molar-refractivity contribution in [2.75, 3.05) is 18.5 Å². The number of hydrogen-bond acceptors (Lipinski definition) is 4. The third kappa shape index (κ3) is 5.05. The lowest BCUT2D eigenvalue weighted by atomic mass is 10.3. The van der Waals surface area contributed by atoms with Gasteiger partial charge in [0.25, 0.3) is 0 Å². The molecule has 2 amide bonds. The van der Waals surface area contributed by atoms with E-state index in [1.54, 1.807) is 6.07 Å². The number of benzene rings is 1. The zero-order valence-electron chi connectivity index (χ0n) is 8.90. The first kappa shape index (κ1) is 13.1. The second kappa shape index (κ2) is 6.56.